The monoisotopic (exact) mass is 897 g/mol. The van der Waals surface area contributed by atoms with E-state index in [1.807, 2.05) is 0 Å². The molecule has 64 heavy (non-hydrogen) atoms. The van der Waals surface area contributed by atoms with Crippen molar-refractivity contribution in [2.45, 2.75) is 297 Å². The first-order valence-corrected chi connectivity index (χ1v) is 28.2. The van der Waals surface area contributed by atoms with E-state index in [9.17, 15) is 9.59 Å². The van der Waals surface area contributed by atoms with Gasteiger partial charge in [-0.25, -0.2) is 0 Å². The molecule has 5 nitrogen and oxygen atoms in total. The molecule has 0 aromatic rings. The number of ether oxygens (including phenoxy) is 3. The van der Waals surface area contributed by atoms with Crippen LogP contribution < -0.4 is 0 Å². The lowest BCUT2D eigenvalue weighted by Gasteiger charge is -2.18. The van der Waals surface area contributed by atoms with Crippen molar-refractivity contribution in [3.63, 3.8) is 0 Å². The quantitative estimate of drug-likeness (QED) is 0.0346. The molecular formula is C59H108O5. The summed E-state index contributed by atoms with van der Waals surface area (Å²) in [6.07, 6.45) is 68.4. The van der Waals surface area contributed by atoms with Gasteiger partial charge in [-0.1, -0.05) is 249 Å². The number of esters is 2. The largest absolute Gasteiger partial charge is 0.462 e. The van der Waals surface area contributed by atoms with Crippen molar-refractivity contribution in [1.82, 2.24) is 0 Å². The highest BCUT2D eigenvalue weighted by molar-refractivity contribution is 5.70. The Hall–Kier alpha value is -2.14. The summed E-state index contributed by atoms with van der Waals surface area (Å²) < 4.78 is 17.4. The summed E-state index contributed by atoms with van der Waals surface area (Å²) in [7, 11) is 0. The molecule has 0 saturated carbocycles. The summed E-state index contributed by atoms with van der Waals surface area (Å²) in [5.41, 5.74) is 0. The molecular weight excluding hydrogens is 789 g/mol. The molecule has 0 aromatic heterocycles. The molecule has 0 saturated heterocycles. The van der Waals surface area contributed by atoms with Crippen molar-refractivity contribution < 1.29 is 23.8 Å². The lowest BCUT2D eigenvalue weighted by molar-refractivity contribution is -0.163. The van der Waals surface area contributed by atoms with Gasteiger partial charge in [-0.05, 0) is 77.0 Å². The molecule has 0 aliphatic rings. The number of carbonyl (C=O) groups is 2. The molecule has 0 aliphatic carbocycles. The van der Waals surface area contributed by atoms with Crippen LogP contribution in [0.3, 0.4) is 0 Å². The van der Waals surface area contributed by atoms with Gasteiger partial charge in [-0.2, -0.15) is 0 Å². The van der Waals surface area contributed by atoms with Gasteiger partial charge < -0.3 is 14.2 Å². The Bertz CT molecular complexity index is 1060. The topological polar surface area (TPSA) is 61.8 Å². The number of hydrogen-bond acceptors (Lipinski definition) is 5. The highest BCUT2D eigenvalue weighted by Gasteiger charge is 2.17. The van der Waals surface area contributed by atoms with E-state index in [1.54, 1.807) is 0 Å². The van der Waals surface area contributed by atoms with Crippen LogP contribution in [0, 0.1) is 0 Å². The highest BCUT2D eigenvalue weighted by atomic mass is 16.6. The van der Waals surface area contributed by atoms with E-state index < -0.39 is 6.10 Å². The number of rotatable bonds is 52. The number of hydrogen-bond donors (Lipinski definition) is 0. The Balaban J connectivity index is 4.24. The van der Waals surface area contributed by atoms with Gasteiger partial charge in [-0.15, -0.1) is 0 Å². The van der Waals surface area contributed by atoms with Crippen LogP contribution >= 0.6 is 0 Å². The van der Waals surface area contributed by atoms with E-state index >= 15 is 0 Å². The van der Waals surface area contributed by atoms with E-state index in [-0.39, 0.29) is 25.2 Å². The molecule has 5 heteroatoms. The fraction of sp³-hybridized carbons (Fsp3) is 0.831. The van der Waals surface area contributed by atoms with Gasteiger partial charge in [0.15, 0.2) is 6.10 Å². The molecule has 0 aromatic carbocycles. The average molecular weight is 898 g/mol. The molecule has 1 atom stereocenters. The minimum Gasteiger partial charge on any atom is -0.462 e. The molecule has 0 N–H and O–H groups in total. The molecule has 0 rings (SSSR count). The van der Waals surface area contributed by atoms with Crippen LogP contribution in [0.5, 0.6) is 0 Å². The smallest absolute Gasteiger partial charge is 0.306 e. The van der Waals surface area contributed by atoms with Crippen molar-refractivity contribution in [3.8, 4) is 0 Å². The van der Waals surface area contributed by atoms with E-state index in [0.29, 0.717) is 19.4 Å². The molecule has 0 aliphatic heterocycles. The summed E-state index contributed by atoms with van der Waals surface area (Å²) in [4.78, 5) is 25.5. The summed E-state index contributed by atoms with van der Waals surface area (Å²) in [6, 6.07) is 0. The van der Waals surface area contributed by atoms with Crippen LogP contribution in [0.4, 0.5) is 0 Å². The van der Waals surface area contributed by atoms with Crippen LogP contribution in [0.25, 0.3) is 0 Å². The minimum absolute atomic E-state index is 0.0787. The van der Waals surface area contributed by atoms with E-state index in [0.717, 1.165) is 64.2 Å². The zero-order valence-corrected chi connectivity index (χ0v) is 43.1. The van der Waals surface area contributed by atoms with E-state index in [1.165, 1.54) is 193 Å². The van der Waals surface area contributed by atoms with Crippen molar-refractivity contribution in [2.24, 2.45) is 0 Å². The molecule has 0 bridgehead atoms. The number of allylic oxidation sites excluding steroid dienone is 8. The maximum atomic E-state index is 12.8. The Kier molecular flexibility index (Phi) is 53.3. The first-order valence-electron chi connectivity index (χ1n) is 28.2. The Morgan fingerprint density at radius 3 is 1.14 bits per heavy atom. The zero-order valence-electron chi connectivity index (χ0n) is 43.1. The number of carbonyl (C=O) groups excluding carboxylic acids is 2. The van der Waals surface area contributed by atoms with Gasteiger partial charge >= 0.3 is 11.9 Å². The van der Waals surface area contributed by atoms with Crippen LogP contribution in [-0.2, 0) is 23.8 Å². The highest BCUT2D eigenvalue weighted by Crippen LogP contribution is 2.16. The third kappa shape index (κ3) is 52.5. The fourth-order valence-corrected chi connectivity index (χ4v) is 8.17. The van der Waals surface area contributed by atoms with E-state index in [2.05, 4.69) is 69.4 Å². The molecule has 0 radical (unpaired) electrons. The first-order chi connectivity index (χ1) is 31.6. The summed E-state index contributed by atoms with van der Waals surface area (Å²) in [5, 5.41) is 0. The van der Waals surface area contributed by atoms with Crippen molar-refractivity contribution in [2.75, 3.05) is 19.8 Å². The van der Waals surface area contributed by atoms with Gasteiger partial charge in [0.25, 0.3) is 0 Å². The van der Waals surface area contributed by atoms with Crippen molar-refractivity contribution >= 4 is 11.9 Å². The lowest BCUT2D eigenvalue weighted by atomic mass is 10.0. The Morgan fingerprint density at radius 1 is 0.359 bits per heavy atom. The molecule has 0 heterocycles. The third-order valence-electron chi connectivity index (χ3n) is 12.3. The third-order valence-corrected chi connectivity index (χ3v) is 12.3. The van der Waals surface area contributed by atoms with Crippen LogP contribution in [0.2, 0.25) is 0 Å². The fourth-order valence-electron chi connectivity index (χ4n) is 8.17. The van der Waals surface area contributed by atoms with Crippen molar-refractivity contribution in [1.29, 1.82) is 0 Å². The zero-order chi connectivity index (χ0) is 46.3. The first kappa shape index (κ1) is 61.9. The minimum atomic E-state index is -0.546. The van der Waals surface area contributed by atoms with Gasteiger partial charge in [0.1, 0.15) is 6.61 Å². The Morgan fingerprint density at radius 2 is 0.703 bits per heavy atom. The second-order valence-corrected chi connectivity index (χ2v) is 18.8. The standard InChI is InChI=1S/C59H108O5/c1-4-7-10-13-16-19-22-25-28-29-30-31-33-34-37-40-43-46-49-52-58(60)63-56-57(55-62-54-51-48-45-42-39-36-27-24-21-18-15-12-9-6-3)64-59(61)53-50-47-44-41-38-35-32-26-23-20-17-14-11-8-5-2/h9,12,18,21,25,27-28,36,57H,4-8,10-11,13-17,19-20,22-24,26,29-35,37-56H2,1-3H3/b12-9-,21-18-,28-25-,36-27-. The second-order valence-electron chi connectivity index (χ2n) is 18.8. The SMILES string of the molecule is CC/C=C\C/C=C\C/C=C\CCCCCCOCC(COC(=O)CCCCCCCCCCC/C=C\CCCCCCCC)OC(=O)CCCCCCCCCCCCCCCCC. The second kappa shape index (κ2) is 55.2. The van der Waals surface area contributed by atoms with Crippen molar-refractivity contribution in [3.05, 3.63) is 48.6 Å². The molecule has 1 unspecified atom stereocenters. The summed E-state index contributed by atoms with van der Waals surface area (Å²) in [5.74, 6) is -0.398. The molecule has 0 spiro atoms. The predicted molar refractivity (Wildman–Crippen MR) is 279 cm³/mol. The van der Waals surface area contributed by atoms with Crippen LogP contribution in [0.15, 0.2) is 48.6 Å². The summed E-state index contributed by atoms with van der Waals surface area (Å²) >= 11 is 0. The lowest BCUT2D eigenvalue weighted by Crippen LogP contribution is -2.30. The summed E-state index contributed by atoms with van der Waals surface area (Å²) in [6.45, 7) is 7.71. The maximum Gasteiger partial charge on any atom is 0.306 e. The number of unbranched alkanes of at least 4 members (excludes halogenated alkanes) is 33. The normalized spacial score (nSPS) is 12.5. The van der Waals surface area contributed by atoms with E-state index in [4.69, 9.17) is 14.2 Å². The van der Waals surface area contributed by atoms with Crippen LogP contribution in [-0.4, -0.2) is 37.9 Å². The molecule has 0 amide bonds. The average Bonchev–Trinajstić information content (AvgIpc) is 3.30. The Labute approximate surface area is 399 Å². The predicted octanol–water partition coefficient (Wildman–Crippen LogP) is 19.1. The van der Waals surface area contributed by atoms with Gasteiger partial charge in [-0.3, -0.25) is 9.59 Å². The maximum absolute atomic E-state index is 12.8. The molecule has 0 fully saturated rings. The van der Waals surface area contributed by atoms with Gasteiger partial charge in [0.2, 0.25) is 0 Å². The van der Waals surface area contributed by atoms with Crippen LogP contribution in [0.1, 0.15) is 290 Å². The van der Waals surface area contributed by atoms with Gasteiger partial charge in [0.05, 0.1) is 6.61 Å². The van der Waals surface area contributed by atoms with Gasteiger partial charge in [0, 0.05) is 19.4 Å². The molecule has 374 valence electrons.